The van der Waals surface area contributed by atoms with Gasteiger partial charge in [-0.2, -0.15) is 0 Å². The Morgan fingerprint density at radius 2 is 1.60 bits per heavy atom. The van der Waals surface area contributed by atoms with Crippen LogP contribution in [0.25, 0.3) is 0 Å². The maximum absolute atomic E-state index is 6.24. The molecule has 0 atom stereocenters. The second-order valence-corrected chi connectivity index (χ2v) is 7.83. The Hall–Kier alpha value is 0.467. The van der Waals surface area contributed by atoms with Crippen molar-refractivity contribution in [1.82, 2.24) is 0 Å². The first-order chi connectivity index (χ1) is 4.68. The lowest BCUT2D eigenvalue weighted by molar-refractivity contribution is 0.407. The molecule has 0 aliphatic rings. The minimum atomic E-state index is -1.75. The summed E-state index contributed by atoms with van der Waals surface area (Å²) in [6.45, 7) is 4.30. The molecule has 1 nitrogen and oxygen atoms in total. The molecule has 0 saturated carbocycles. The third-order valence-corrected chi connectivity index (χ3v) is 6.43. The Labute approximate surface area is 69.6 Å². The van der Waals surface area contributed by atoms with Gasteiger partial charge in [0, 0.05) is 7.11 Å². The van der Waals surface area contributed by atoms with Crippen LogP contribution in [0.2, 0.25) is 12.1 Å². The quantitative estimate of drug-likeness (QED) is 0.467. The molecule has 0 aromatic rings. The van der Waals surface area contributed by atoms with Crippen LogP contribution >= 0.6 is 11.1 Å². The van der Waals surface area contributed by atoms with Gasteiger partial charge in [0.05, 0.1) is 0 Å². The van der Waals surface area contributed by atoms with Gasteiger partial charge in [-0.15, -0.1) is 11.1 Å². The highest BCUT2D eigenvalue weighted by Crippen LogP contribution is 2.24. The van der Waals surface area contributed by atoms with Crippen molar-refractivity contribution in [3.63, 3.8) is 0 Å². The summed E-state index contributed by atoms with van der Waals surface area (Å²) in [5, 5.41) is 0. The van der Waals surface area contributed by atoms with E-state index in [1.807, 2.05) is 0 Å². The summed E-state index contributed by atoms with van der Waals surface area (Å²) in [5.41, 5.74) is 0. The molecule has 3 heteroatoms. The van der Waals surface area contributed by atoms with E-state index < -0.39 is 7.63 Å². The third-order valence-electron chi connectivity index (χ3n) is 1.61. The number of hydrogen-bond donors (Lipinski definition) is 0. The zero-order valence-corrected chi connectivity index (χ0v) is 8.87. The Morgan fingerprint density at radius 1 is 1.20 bits per heavy atom. The summed E-state index contributed by atoms with van der Waals surface area (Å²) < 4.78 is 5.32. The minimum absolute atomic E-state index is 1.08. The zero-order valence-electron chi connectivity index (χ0n) is 7.11. The van der Waals surface area contributed by atoms with Crippen molar-refractivity contribution in [3.8, 4) is 0 Å². The summed E-state index contributed by atoms with van der Waals surface area (Å²) in [6.07, 6.45) is 2.28. The van der Waals surface area contributed by atoms with Gasteiger partial charge >= 0.3 is 0 Å². The third kappa shape index (κ3) is 3.59. The monoisotopic (exact) mass is 180 g/mol. The van der Waals surface area contributed by atoms with Crippen LogP contribution in [-0.2, 0) is 4.43 Å². The van der Waals surface area contributed by atoms with Crippen molar-refractivity contribution in [1.29, 1.82) is 0 Å². The topological polar surface area (TPSA) is 9.23 Å². The van der Waals surface area contributed by atoms with Crippen LogP contribution < -0.4 is 0 Å². The van der Waals surface area contributed by atoms with Crippen molar-refractivity contribution < 1.29 is 4.43 Å². The van der Waals surface area contributed by atoms with E-state index in [-0.39, 0.29) is 0 Å². The van der Waals surface area contributed by atoms with Crippen molar-refractivity contribution in [2.75, 3.05) is 7.11 Å². The summed E-state index contributed by atoms with van der Waals surface area (Å²) in [5.74, 6) is 0. The first-order valence-corrected chi connectivity index (χ1v) is 7.26. The molecule has 10 heavy (non-hydrogen) atoms. The fourth-order valence-corrected chi connectivity index (χ4v) is 4.36. The summed E-state index contributed by atoms with van der Waals surface area (Å²) >= 11 is 6.24. The van der Waals surface area contributed by atoms with Gasteiger partial charge in [0.25, 0.3) is 7.63 Å². The Morgan fingerprint density at radius 3 is 1.80 bits per heavy atom. The Balaban J connectivity index is 3.69. The van der Waals surface area contributed by atoms with E-state index in [0.717, 1.165) is 24.9 Å². The molecule has 0 aliphatic carbocycles. The lowest BCUT2D eigenvalue weighted by atomic mass is 10.6. The lowest BCUT2D eigenvalue weighted by Gasteiger charge is -2.20. The number of halogens is 1. The van der Waals surface area contributed by atoms with Gasteiger partial charge in [0.2, 0.25) is 0 Å². The molecular formula is C7H17ClOSi. The van der Waals surface area contributed by atoms with Gasteiger partial charge in [-0.1, -0.05) is 26.7 Å². The SMILES string of the molecule is CCC[Si](Cl)(CCC)OC. The molecule has 0 spiro atoms. The molecule has 0 bridgehead atoms. The van der Waals surface area contributed by atoms with Crippen molar-refractivity contribution in [2.24, 2.45) is 0 Å². The molecule has 0 heterocycles. The Kier molecular flexibility index (Phi) is 5.40. The second-order valence-electron chi connectivity index (χ2n) is 2.59. The van der Waals surface area contributed by atoms with Crippen LogP contribution in [0, 0.1) is 0 Å². The number of rotatable bonds is 5. The standard InChI is InChI=1S/C7H17ClOSi/c1-4-6-10(8,9-3)7-5-2/h4-7H2,1-3H3. The maximum atomic E-state index is 6.24. The molecule has 0 fully saturated rings. The first-order valence-electron chi connectivity index (χ1n) is 3.92. The van der Waals surface area contributed by atoms with E-state index >= 15 is 0 Å². The van der Waals surface area contributed by atoms with Crippen LogP contribution in [0.4, 0.5) is 0 Å². The molecule has 0 amide bonds. The van der Waals surface area contributed by atoms with Gasteiger partial charge in [-0.3, -0.25) is 0 Å². The van der Waals surface area contributed by atoms with Gasteiger partial charge < -0.3 is 4.43 Å². The molecule has 0 aromatic heterocycles. The van der Waals surface area contributed by atoms with Crippen LogP contribution in [0.1, 0.15) is 26.7 Å². The molecule has 0 radical (unpaired) electrons. The van der Waals surface area contributed by atoms with Gasteiger partial charge in [0.15, 0.2) is 0 Å². The van der Waals surface area contributed by atoms with Gasteiger partial charge in [-0.25, -0.2) is 0 Å². The summed E-state index contributed by atoms with van der Waals surface area (Å²) in [4.78, 5) is 0. The van der Waals surface area contributed by atoms with E-state index in [2.05, 4.69) is 13.8 Å². The normalized spacial score (nSPS) is 12.0. The molecular weight excluding hydrogens is 164 g/mol. The smallest absolute Gasteiger partial charge is 0.289 e. The average molecular weight is 181 g/mol. The molecule has 0 unspecified atom stereocenters. The maximum Gasteiger partial charge on any atom is 0.289 e. The van der Waals surface area contributed by atoms with E-state index in [1.165, 1.54) is 0 Å². The molecule has 0 N–H and O–H groups in total. The molecule has 0 aromatic carbocycles. The van der Waals surface area contributed by atoms with Gasteiger partial charge in [-0.05, 0) is 12.1 Å². The summed E-state index contributed by atoms with van der Waals surface area (Å²) in [7, 11) is -0.0105. The van der Waals surface area contributed by atoms with Crippen molar-refractivity contribution in [2.45, 2.75) is 38.8 Å². The zero-order chi connectivity index (χ0) is 8.04. The lowest BCUT2D eigenvalue weighted by Crippen LogP contribution is -2.29. The van der Waals surface area contributed by atoms with E-state index in [9.17, 15) is 0 Å². The highest BCUT2D eigenvalue weighted by molar-refractivity contribution is 7.16. The van der Waals surface area contributed by atoms with E-state index in [1.54, 1.807) is 7.11 Å². The van der Waals surface area contributed by atoms with Crippen LogP contribution in [0.15, 0.2) is 0 Å². The van der Waals surface area contributed by atoms with Crippen LogP contribution in [0.5, 0.6) is 0 Å². The van der Waals surface area contributed by atoms with Crippen LogP contribution in [0.3, 0.4) is 0 Å². The highest BCUT2D eigenvalue weighted by Gasteiger charge is 2.28. The number of hydrogen-bond acceptors (Lipinski definition) is 1. The highest BCUT2D eigenvalue weighted by atomic mass is 35.6. The largest absolute Gasteiger partial charge is 0.406 e. The predicted molar refractivity (Wildman–Crippen MR) is 48.8 cm³/mol. The molecule has 0 aliphatic heterocycles. The van der Waals surface area contributed by atoms with E-state index in [4.69, 9.17) is 15.5 Å². The van der Waals surface area contributed by atoms with Gasteiger partial charge in [0.1, 0.15) is 0 Å². The second kappa shape index (κ2) is 5.16. The van der Waals surface area contributed by atoms with E-state index in [0.29, 0.717) is 0 Å². The molecule has 0 rings (SSSR count). The fraction of sp³-hybridized carbons (Fsp3) is 1.00. The van der Waals surface area contributed by atoms with Crippen molar-refractivity contribution in [3.05, 3.63) is 0 Å². The van der Waals surface area contributed by atoms with Crippen molar-refractivity contribution >= 4 is 18.7 Å². The Bertz CT molecular complexity index is 81.7. The van der Waals surface area contributed by atoms with Crippen LogP contribution in [-0.4, -0.2) is 14.7 Å². The molecule has 0 saturated heterocycles. The summed E-state index contributed by atoms with van der Waals surface area (Å²) in [6, 6.07) is 2.16. The first kappa shape index (κ1) is 10.5. The fourth-order valence-electron chi connectivity index (χ4n) is 1.08. The minimum Gasteiger partial charge on any atom is -0.406 e. The average Bonchev–Trinajstić information content (AvgIpc) is 1.89. The predicted octanol–water partition coefficient (Wildman–Crippen LogP) is 3.13. The molecule has 62 valence electrons.